The Morgan fingerprint density at radius 1 is 1.31 bits per heavy atom. The molecule has 0 bridgehead atoms. The van der Waals surface area contributed by atoms with Crippen molar-refractivity contribution in [1.82, 2.24) is 0 Å². The maximum atomic E-state index is 5.71. The highest BCUT2D eigenvalue weighted by Gasteiger charge is 2.37. The van der Waals surface area contributed by atoms with E-state index in [0.717, 1.165) is 31.5 Å². The minimum atomic E-state index is -0.0200. The van der Waals surface area contributed by atoms with Gasteiger partial charge in [0.15, 0.2) is 0 Å². The van der Waals surface area contributed by atoms with Crippen LogP contribution in [-0.2, 0) is 9.31 Å². The molecule has 0 aromatic rings. The van der Waals surface area contributed by atoms with Gasteiger partial charge in [0.2, 0.25) is 0 Å². The third-order valence-corrected chi connectivity index (χ3v) is 3.27. The van der Waals surface area contributed by atoms with E-state index in [1.807, 2.05) is 0 Å². The molecule has 0 amide bonds. The quantitative estimate of drug-likeness (QED) is 0.665. The molecule has 0 aromatic carbocycles. The van der Waals surface area contributed by atoms with Crippen molar-refractivity contribution in [1.29, 1.82) is 0 Å². The fourth-order valence-electron chi connectivity index (χ4n) is 2.14. The monoisotopic (exact) mass is 222 g/mol. The van der Waals surface area contributed by atoms with Crippen LogP contribution in [0.25, 0.3) is 0 Å². The second kappa shape index (κ2) is 5.88. The first-order valence-electron chi connectivity index (χ1n) is 6.70. The second-order valence-electron chi connectivity index (χ2n) is 5.38. The summed E-state index contributed by atoms with van der Waals surface area (Å²) in [7, 11) is -0.0200. The summed E-state index contributed by atoms with van der Waals surface area (Å²) in [5.74, 6) is 1.54. The van der Waals surface area contributed by atoms with Crippen LogP contribution in [0.4, 0.5) is 0 Å². The van der Waals surface area contributed by atoms with Crippen LogP contribution in [0.5, 0.6) is 0 Å². The van der Waals surface area contributed by atoms with Crippen molar-refractivity contribution in [2.24, 2.45) is 11.8 Å². The summed E-state index contributed by atoms with van der Waals surface area (Å²) in [6, 6.07) is 0. The van der Waals surface area contributed by atoms with Crippen molar-refractivity contribution in [3.8, 4) is 0 Å². The Labute approximate surface area is 99.5 Å². The minimum absolute atomic E-state index is 0.0200. The fourth-order valence-corrected chi connectivity index (χ4v) is 2.14. The van der Waals surface area contributed by atoms with Gasteiger partial charge in [0, 0.05) is 13.2 Å². The third-order valence-electron chi connectivity index (χ3n) is 3.27. The Kier molecular flexibility index (Phi) is 4.48. The SMILES string of the molecule is CC(C)CC/C=C(\B1OCCCO1)C1CC1. The molecule has 2 fully saturated rings. The van der Waals surface area contributed by atoms with Crippen molar-refractivity contribution in [3.63, 3.8) is 0 Å². The van der Waals surface area contributed by atoms with E-state index in [1.165, 1.54) is 31.2 Å². The van der Waals surface area contributed by atoms with Gasteiger partial charge in [0.25, 0.3) is 0 Å². The molecule has 0 atom stereocenters. The first-order valence-corrected chi connectivity index (χ1v) is 6.70. The highest BCUT2D eigenvalue weighted by atomic mass is 16.6. The van der Waals surface area contributed by atoms with Crippen LogP contribution in [-0.4, -0.2) is 20.3 Å². The van der Waals surface area contributed by atoms with Gasteiger partial charge in [0.05, 0.1) is 0 Å². The van der Waals surface area contributed by atoms with E-state index in [1.54, 1.807) is 0 Å². The Morgan fingerprint density at radius 3 is 2.56 bits per heavy atom. The smallest absolute Gasteiger partial charge is 0.407 e. The normalized spacial score (nSPS) is 22.9. The molecule has 0 aromatic heterocycles. The largest absolute Gasteiger partial charge is 0.489 e. The average Bonchev–Trinajstić information content (AvgIpc) is 3.09. The summed E-state index contributed by atoms with van der Waals surface area (Å²) in [6.07, 6.45) is 8.53. The molecule has 1 aliphatic heterocycles. The summed E-state index contributed by atoms with van der Waals surface area (Å²) >= 11 is 0. The van der Waals surface area contributed by atoms with Crippen LogP contribution in [0.15, 0.2) is 11.5 Å². The zero-order valence-corrected chi connectivity index (χ0v) is 10.6. The molecule has 16 heavy (non-hydrogen) atoms. The molecule has 3 heteroatoms. The second-order valence-corrected chi connectivity index (χ2v) is 5.38. The van der Waals surface area contributed by atoms with Crippen LogP contribution < -0.4 is 0 Å². The maximum absolute atomic E-state index is 5.71. The van der Waals surface area contributed by atoms with Crippen molar-refractivity contribution in [2.75, 3.05) is 13.2 Å². The Balaban J connectivity index is 1.87. The lowest BCUT2D eigenvalue weighted by Crippen LogP contribution is -2.32. The maximum Gasteiger partial charge on any atom is 0.489 e. The van der Waals surface area contributed by atoms with E-state index >= 15 is 0 Å². The molecule has 90 valence electrons. The summed E-state index contributed by atoms with van der Waals surface area (Å²) in [5.41, 5.74) is 1.43. The summed E-state index contributed by atoms with van der Waals surface area (Å²) in [5, 5.41) is 0. The lowest BCUT2D eigenvalue weighted by atomic mass is 9.73. The van der Waals surface area contributed by atoms with Gasteiger partial charge in [0.1, 0.15) is 0 Å². The van der Waals surface area contributed by atoms with E-state index in [4.69, 9.17) is 9.31 Å². The predicted molar refractivity (Wildman–Crippen MR) is 67.2 cm³/mol. The summed E-state index contributed by atoms with van der Waals surface area (Å²) in [4.78, 5) is 0. The van der Waals surface area contributed by atoms with Crippen molar-refractivity contribution in [3.05, 3.63) is 11.5 Å². The molecular weight excluding hydrogens is 199 g/mol. The first-order chi connectivity index (χ1) is 7.77. The van der Waals surface area contributed by atoms with E-state index in [0.29, 0.717) is 0 Å². The lowest BCUT2D eigenvalue weighted by molar-refractivity contribution is 0.139. The van der Waals surface area contributed by atoms with E-state index in [9.17, 15) is 0 Å². The Bertz CT molecular complexity index is 240. The highest BCUT2D eigenvalue weighted by Crippen LogP contribution is 2.38. The molecule has 2 aliphatic rings. The van der Waals surface area contributed by atoms with Crippen LogP contribution in [0.3, 0.4) is 0 Å². The van der Waals surface area contributed by atoms with Crippen LogP contribution in [0.2, 0.25) is 0 Å². The molecule has 1 heterocycles. The van der Waals surface area contributed by atoms with Crippen molar-refractivity contribution < 1.29 is 9.31 Å². The van der Waals surface area contributed by atoms with E-state index in [-0.39, 0.29) is 7.12 Å². The van der Waals surface area contributed by atoms with Crippen LogP contribution in [0, 0.1) is 11.8 Å². The van der Waals surface area contributed by atoms with Gasteiger partial charge in [-0.3, -0.25) is 0 Å². The molecule has 0 unspecified atom stereocenters. The number of rotatable bonds is 5. The van der Waals surface area contributed by atoms with E-state index in [2.05, 4.69) is 19.9 Å². The molecular formula is C13H23BO2. The summed E-state index contributed by atoms with van der Waals surface area (Å²) < 4.78 is 11.4. The standard InChI is InChI=1S/C13H23BO2/c1-11(2)5-3-6-13(12-7-8-12)14-15-9-4-10-16-14/h6,11-12H,3-5,7-10H2,1-2H3/b13-6-. The zero-order valence-electron chi connectivity index (χ0n) is 10.6. The molecule has 1 saturated carbocycles. The van der Waals surface area contributed by atoms with Crippen LogP contribution >= 0.6 is 0 Å². The molecule has 2 rings (SSSR count). The third kappa shape index (κ3) is 3.64. The summed E-state index contributed by atoms with van der Waals surface area (Å²) in [6.45, 7) is 6.27. The first kappa shape index (κ1) is 12.2. The van der Waals surface area contributed by atoms with Crippen molar-refractivity contribution in [2.45, 2.75) is 46.0 Å². The number of hydrogen-bond donors (Lipinski definition) is 0. The van der Waals surface area contributed by atoms with Crippen molar-refractivity contribution >= 4 is 7.12 Å². The molecule has 0 N–H and O–H groups in total. The van der Waals surface area contributed by atoms with Gasteiger partial charge in [-0.05, 0) is 49.4 Å². The Morgan fingerprint density at radius 2 is 2.00 bits per heavy atom. The number of allylic oxidation sites excluding steroid dienone is 2. The van der Waals surface area contributed by atoms with Gasteiger partial charge >= 0.3 is 7.12 Å². The van der Waals surface area contributed by atoms with Gasteiger partial charge in [-0.25, -0.2) is 0 Å². The molecule has 2 nitrogen and oxygen atoms in total. The average molecular weight is 222 g/mol. The molecule has 0 spiro atoms. The van der Waals surface area contributed by atoms with Gasteiger partial charge < -0.3 is 9.31 Å². The van der Waals surface area contributed by atoms with Gasteiger partial charge in [-0.15, -0.1) is 0 Å². The van der Waals surface area contributed by atoms with Gasteiger partial charge in [-0.1, -0.05) is 19.9 Å². The molecule has 1 aliphatic carbocycles. The lowest BCUT2D eigenvalue weighted by Gasteiger charge is -2.22. The fraction of sp³-hybridized carbons (Fsp3) is 0.846. The predicted octanol–water partition coefficient (Wildman–Crippen LogP) is 3.22. The molecule has 0 radical (unpaired) electrons. The molecule has 1 saturated heterocycles. The van der Waals surface area contributed by atoms with Crippen LogP contribution in [0.1, 0.15) is 46.0 Å². The topological polar surface area (TPSA) is 18.5 Å². The minimum Gasteiger partial charge on any atom is -0.407 e. The van der Waals surface area contributed by atoms with E-state index < -0.39 is 0 Å². The Hall–Kier alpha value is -0.275. The zero-order chi connectivity index (χ0) is 11.4. The highest BCUT2D eigenvalue weighted by molar-refractivity contribution is 6.54. The van der Waals surface area contributed by atoms with Gasteiger partial charge in [-0.2, -0.15) is 0 Å². The number of hydrogen-bond acceptors (Lipinski definition) is 2.